The average molecular weight is 268 g/mol. The standard InChI is InChI=1S/C16H32N2O/c1-3-7-14(13-17-10-4-2)18-11-12-19-16-9-6-5-8-15(16)18/h14-17H,3-13H2,1-2H3. The highest BCUT2D eigenvalue weighted by molar-refractivity contribution is 4.91. The minimum atomic E-state index is 0.521. The molecule has 2 aliphatic rings. The lowest BCUT2D eigenvalue weighted by atomic mass is 9.88. The summed E-state index contributed by atoms with van der Waals surface area (Å²) in [5, 5.41) is 3.63. The minimum Gasteiger partial charge on any atom is -0.375 e. The van der Waals surface area contributed by atoms with Gasteiger partial charge in [-0.25, -0.2) is 0 Å². The molecule has 2 rings (SSSR count). The van der Waals surface area contributed by atoms with E-state index in [-0.39, 0.29) is 0 Å². The van der Waals surface area contributed by atoms with E-state index in [0.29, 0.717) is 18.2 Å². The zero-order chi connectivity index (χ0) is 13.5. The van der Waals surface area contributed by atoms with E-state index >= 15 is 0 Å². The molecule has 0 bridgehead atoms. The van der Waals surface area contributed by atoms with Gasteiger partial charge in [-0.3, -0.25) is 4.90 Å². The fraction of sp³-hybridized carbons (Fsp3) is 1.00. The second-order valence-electron chi connectivity index (χ2n) is 6.15. The summed E-state index contributed by atoms with van der Waals surface area (Å²) in [4.78, 5) is 2.78. The van der Waals surface area contributed by atoms with Crippen LogP contribution in [0.2, 0.25) is 0 Å². The maximum Gasteiger partial charge on any atom is 0.0731 e. The van der Waals surface area contributed by atoms with Crippen molar-refractivity contribution in [1.82, 2.24) is 10.2 Å². The summed E-state index contributed by atoms with van der Waals surface area (Å²) < 4.78 is 6.00. The van der Waals surface area contributed by atoms with Gasteiger partial charge in [-0.1, -0.05) is 33.1 Å². The quantitative estimate of drug-likeness (QED) is 0.719. The number of hydrogen-bond donors (Lipinski definition) is 1. The molecule has 3 unspecified atom stereocenters. The summed E-state index contributed by atoms with van der Waals surface area (Å²) in [6.45, 7) is 8.94. The van der Waals surface area contributed by atoms with E-state index < -0.39 is 0 Å². The molecule has 3 nitrogen and oxygen atoms in total. The van der Waals surface area contributed by atoms with Crippen molar-refractivity contribution in [2.24, 2.45) is 0 Å². The van der Waals surface area contributed by atoms with Crippen LogP contribution in [0.15, 0.2) is 0 Å². The van der Waals surface area contributed by atoms with Gasteiger partial charge < -0.3 is 10.1 Å². The molecule has 112 valence electrons. The fourth-order valence-electron chi connectivity index (χ4n) is 3.74. The van der Waals surface area contributed by atoms with Crippen molar-refractivity contribution in [3.05, 3.63) is 0 Å². The molecule has 19 heavy (non-hydrogen) atoms. The Morgan fingerprint density at radius 2 is 2.05 bits per heavy atom. The lowest BCUT2D eigenvalue weighted by molar-refractivity contribution is -0.103. The zero-order valence-electron chi connectivity index (χ0n) is 12.9. The molecule has 0 aromatic carbocycles. The Kier molecular flexibility index (Phi) is 6.62. The SMILES string of the molecule is CCCNCC(CCC)N1CCOC2CCCCC21. The van der Waals surface area contributed by atoms with Gasteiger partial charge >= 0.3 is 0 Å². The average Bonchev–Trinajstić information content (AvgIpc) is 2.46. The molecule has 0 aromatic rings. The van der Waals surface area contributed by atoms with Crippen LogP contribution in [0.1, 0.15) is 58.8 Å². The molecule has 1 aliphatic carbocycles. The number of rotatable bonds is 7. The molecular formula is C16H32N2O. The molecule has 1 saturated heterocycles. The molecule has 1 heterocycles. The number of fused-ring (bicyclic) bond motifs is 1. The first-order chi connectivity index (χ1) is 9.36. The van der Waals surface area contributed by atoms with E-state index in [1.807, 2.05) is 0 Å². The lowest BCUT2D eigenvalue weighted by Gasteiger charge is -2.47. The Labute approximate surface area is 119 Å². The predicted octanol–water partition coefficient (Wildman–Crippen LogP) is 2.80. The molecule has 3 atom stereocenters. The van der Waals surface area contributed by atoms with Crippen LogP contribution in [0.3, 0.4) is 0 Å². The van der Waals surface area contributed by atoms with Crippen LogP contribution < -0.4 is 5.32 Å². The maximum atomic E-state index is 6.00. The van der Waals surface area contributed by atoms with Crippen molar-refractivity contribution >= 4 is 0 Å². The van der Waals surface area contributed by atoms with Crippen molar-refractivity contribution in [2.75, 3.05) is 26.2 Å². The van der Waals surface area contributed by atoms with Crippen molar-refractivity contribution in [3.63, 3.8) is 0 Å². The highest BCUT2D eigenvalue weighted by Crippen LogP contribution is 2.30. The Balaban J connectivity index is 1.93. The van der Waals surface area contributed by atoms with E-state index in [4.69, 9.17) is 4.74 Å². The molecule has 1 saturated carbocycles. The van der Waals surface area contributed by atoms with E-state index in [1.165, 1.54) is 44.9 Å². The first kappa shape index (κ1) is 15.3. The Morgan fingerprint density at radius 3 is 2.84 bits per heavy atom. The van der Waals surface area contributed by atoms with Crippen LogP contribution in [-0.2, 0) is 4.74 Å². The summed E-state index contributed by atoms with van der Waals surface area (Å²) in [7, 11) is 0. The van der Waals surface area contributed by atoms with Crippen LogP contribution >= 0.6 is 0 Å². The van der Waals surface area contributed by atoms with Crippen LogP contribution in [0.5, 0.6) is 0 Å². The summed E-state index contributed by atoms with van der Waals surface area (Å²) in [6.07, 6.45) is 9.74. The summed E-state index contributed by atoms with van der Waals surface area (Å²) >= 11 is 0. The lowest BCUT2D eigenvalue weighted by Crippen LogP contribution is -2.58. The third kappa shape index (κ3) is 4.17. The topological polar surface area (TPSA) is 24.5 Å². The predicted molar refractivity (Wildman–Crippen MR) is 80.6 cm³/mol. The molecule has 0 aromatic heterocycles. The largest absolute Gasteiger partial charge is 0.375 e. The van der Waals surface area contributed by atoms with Gasteiger partial charge in [0, 0.05) is 25.2 Å². The number of ether oxygens (including phenoxy) is 1. The zero-order valence-corrected chi connectivity index (χ0v) is 12.9. The highest BCUT2D eigenvalue weighted by Gasteiger charge is 2.36. The molecule has 3 heteroatoms. The van der Waals surface area contributed by atoms with Gasteiger partial charge in [0.2, 0.25) is 0 Å². The van der Waals surface area contributed by atoms with Gasteiger partial charge in [-0.15, -0.1) is 0 Å². The van der Waals surface area contributed by atoms with Crippen LogP contribution in [0, 0.1) is 0 Å². The van der Waals surface area contributed by atoms with Crippen molar-refractivity contribution < 1.29 is 4.74 Å². The summed E-state index contributed by atoms with van der Waals surface area (Å²) in [6, 6.07) is 1.41. The summed E-state index contributed by atoms with van der Waals surface area (Å²) in [5.74, 6) is 0. The van der Waals surface area contributed by atoms with Gasteiger partial charge in [0.1, 0.15) is 0 Å². The molecule has 2 fully saturated rings. The molecule has 1 aliphatic heterocycles. The maximum absolute atomic E-state index is 6.00. The smallest absolute Gasteiger partial charge is 0.0731 e. The molecule has 0 amide bonds. The Morgan fingerprint density at radius 1 is 1.21 bits per heavy atom. The van der Waals surface area contributed by atoms with Gasteiger partial charge in [0.25, 0.3) is 0 Å². The Hall–Kier alpha value is -0.120. The van der Waals surface area contributed by atoms with Crippen LogP contribution in [-0.4, -0.2) is 49.3 Å². The Bertz CT molecular complexity index is 245. The third-order valence-corrected chi connectivity index (χ3v) is 4.67. The molecule has 0 spiro atoms. The van der Waals surface area contributed by atoms with Crippen molar-refractivity contribution in [2.45, 2.75) is 77.0 Å². The number of nitrogens with one attached hydrogen (secondary N) is 1. The highest BCUT2D eigenvalue weighted by atomic mass is 16.5. The molecule has 0 radical (unpaired) electrons. The normalized spacial score (nSPS) is 30.0. The number of hydrogen-bond acceptors (Lipinski definition) is 3. The van der Waals surface area contributed by atoms with E-state index in [1.54, 1.807) is 0 Å². The van der Waals surface area contributed by atoms with E-state index in [2.05, 4.69) is 24.1 Å². The van der Waals surface area contributed by atoms with Gasteiger partial charge in [-0.2, -0.15) is 0 Å². The van der Waals surface area contributed by atoms with E-state index in [0.717, 1.165) is 26.2 Å². The van der Waals surface area contributed by atoms with E-state index in [9.17, 15) is 0 Å². The fourth-order valence-corrected chi connectivity index (χ4v) is 3.74. The van der Waals surface area contributed by atoms with Crippen molar-refractivity contribution in [3.8, 4) is 0 Å². The number of nitrogens with zero attached hydrogens (tertiary/aromatic N) is 1. The van der Waals surface area contributed by atoms with Gasteiger partial charge in [-0.05, 0) is 32.2 Å². The van der Waals surface area contributed by atoms with Crippen LogP contribution in [0.25, 0.3) is 0 Å². The number of morpholine rings is 1. The molecular weight excluding hydrogens is 236 g/mol. The molecule has 1 N–H and O–H groups in total. The first-order valence-corrected chi connectivity index (χ1v) is 8.44. The first-order valence-electron chi connectivity index (χ1n) is 8.44. The van der Waals surface area contributed by atoms with Gasteiger partial charge in [0.15, 0.2) is 0 Å². The second-order valence-corrected chi connectivity index (χ2v) is 6.15. The van der Waals surface area contributed by atoms with Crippen LogP contribution in [0.4, 0.5) is 0 Å². The third-order valence-electron chi connectivity index (χ3n) is 4.67. The second kappa shape index (κ2) is 8.23. The monoisotopic (exact) mass is 268 g/mol. The van der Waals surface area contributed by atoms with Crippen molar-refractivity contribution in [1.29, 1.82) is 0 Å². The van der Waals surface area contributed by atoms with Gasteiger partial charge in [0.05, 0.1) is 12.7 Å². The summed E-state index contributed by atoms with van der Waals surface area (Å²) in [5.41, 5.74) is 0. The minimum absolute atomic E-state index is 0.521.